The summed E-state index contributed by atoms with van der Waals surface area (Å²) in [5.74, 6) is 0.501. The first kappa shape index (κ1) is 21.3. The number of hydrogen-bond acceptors (Lipinski definition) is 12. The van der Waals surface area contributed by atoms with Gasteiger partial charge >= 0.3 is 0 Å². The first-order chi connectivity index (χ1) is 15.3. The Morgan fingerprint density at radius 1 is 1.03 bits per heavy atom. The lowest BCUT2D eigenvalue weighted by molar-refractivity contribution is 0.311. The van der Waals surface area contributed by atoms with Gasteiger partial charge in [0.1, 0.15) is 5.69 Å². The number of nitrogens with zero attached hydrogens (tertiary/aromatic N) is 7. The molecule has 2 N–H and O–H groups in total. The molecule has 3 heterocycles. The Morgan fingerprint density at radius 2 is 1.81 bits per heavy atom. The van der Waals surface area contributed by atoms with Crippen LogP contribution in [0.1, 0.15) is 5.56 Å². The molecule has 0 aliphatic rings. The minimum atomic E-state index is -3.64. The second-order valence-corrected chi connectivity index (χ2v) is 8.26. The molecule has 0 saturated heterocycles. The molecule has 164 valence electrons. The van der Waals surface area contributed by atoms with Crippen LogP contribution in [0.15, 0.2) is 53.2 Å². The van der Waals surface area contributed by atoms with Crippen molar-refractivity contribution in [3.05, 3.63) is 54.2 Å². The number of para-hydroxylation sites is 1. The van der Waals surface area contributed by atoms with Crippen LogP contribution < -0.4 is 10.6 Å². The van der Waals surface area contributed by atoms with Gasteiger partial charge in [-0.1, -0.05) is 29.4 Å². The molecule has 0 saturated carbocycles. The summed E-state index contributed by atoms with van der Waals surface area (Å²) in [6.07, 6.45) is 2.47. The molecule has 0 aliphatic carbocycles. The van der Waals surface area contributed by atoms with Crippen LogP contribution in [0, 0.1) is 0 Å². The normalized spacial score (nSPS) is 11.4. The number of nitrogen functional groups attached to an aromatic ring is 1. The van der Waals surface area contributed by atoms with Gasteiger partial charge in [0.25, 0.3) is 16.0 Å². The maximum Gasteiger partial charge on any atom is 0.277 e. The highest BCUT2D eigenvalue weighted by molar-refractivity contribution is 7.85. The average molecular weight is 454 g/mol. The molecule has 0 radical (unpaired) electrons. The van der Waals surface area contributed by atoms with Gasteiger partial charge in [-0.3, -0.25) is 9.17 Å². The van der Waals surface area contributed by atoms with Crippen molar-refractivity contribution in [2.75, 3.05) is 23.9 Å². The Bertz CT molecular complexity index is 1340. The summed E-state index contributed by atoms with van der Waals surface area (Å²) in [7, 11) is -1.85. The zero-order chi connectivity index (χ0) is 22.7. The number of rotatable bonds is 7. The predicted octanol–water partition coefficient (Wildman–Crippen LogP) is 1.81. The number of benzene rings is 1. The molecule has 0 fully saturated rings. The van der Waals surface area contributed by atoms with Crippen LogP contribution in [-0.4, -0.2) is 51.8 Å². The summed E-state index contributed by atoms with van der Waals surface area (Å²) >= 11 is 0. The molecule has 12 nitrogen and oxygen atoms in total. The first-order valence-electron chi connectivity index (χ1n) is 9.23. The second kappa shape index (κ2) is 8.64. The Kier molecular flexibility index (Phi) is 5.75. The van der Waals surface area contributed by atoms with Gasteiger partial charge in [0.05, 0.1) is 12.9 Å². The van der Waals surface area contributed by atoms with Crippen molar-refractivity contribution in [2.24, 2.45) is 0 Å². The Labute approximate surface area is 183 Å². The Balaban J connectivity index is 1.66. The van der Waals surface area contributed by atoms with E-state index in [0.717, 1.165) is 11.9 Å². The summed E-state index contributed by atoms with van der Waals surface area (Å²) in [6.45, 7) is -0.232. The minimum absolute atomic E-state index is 0.0146. The smallest absolute Gasteiger partial charge is 0.277 e. The third-order valence-electron chi connectivity index (χ3n) is 4.23. The van der Waals surface area contributed by atoms with Crippen molar-refractivity contribution in [3.63, 3.8) is 0 Å². The summed E-state index contributed by atoms with van der Waals surface area (Å²) in [4.78, 5) is 22.9. The lowest BCUT2D eigenvalue weighted by Gasteiger charge is -2.17. The fourth-order valence-corrected chi connectivity index (χ4v) is 3.07. The molecular weight excluding hydrogens is 436 g/mol. The van der Waals surface area contributed by atoms with Crippen LogP contribution >= 0.6 is 0 Å². The van der Waals surface area contributed by atoms with Crippen molar-refractivity contribution < 1.29 is 17.1 Å². The maximum atomic E-state index is 11.3. The third kappa shape index (κ3) is 4.84. The first-order valence-corrected chi connectivity index (χ1v) is 11.0. The van der Waals surface area contributed by atoms with Crippen LogP contribution in [0.3, 0.4) is 0 Å². The summed E-state index contributed by atoms with van der Waals surface area (Å²) < 4.78 is 32.8. The maximum absolute atomic E-state index is 11.3. The Morgan fingerprint density at radius 3 is 2.56 bits per heavy atom. The molecule has 0 unspecified atom stereocenters. The summed E-state index contributed by atoms with van der Waals surface area (Å²) in [6, 6.07) is 12.8. The van der Waals surface area contributed by atoms with E-state index in [2.05, 4.69) is 30.1 Å². The van der Waals surface area contributed by atoms with E-state index < -0.39 is 10.1 Å². The average Bonchev–Trinajstić information content (AvgIpc) is 3.27. The number of pyridine rings is 1. The minimum Gasteiger partial charge on any atom is -0.368 e. The van der Waals surface area contributed by atoms with Crippen LogP contribution in [0.2, 0.25) is 0 Å². The van der Waals surface area contributed by atoms with E-state index in [4.69, 9.17) is 14.4 Å². The second-order valence-electron chi connectivity index (χ2n) is 6.61. The molecule has 0 atom stereocenters. The van der Waals surface area contributed by atoms with Gasteiger partial charge in [-0.2, -0.15) is 28.4 Å². The fraction of sp³-hybridized carbons (Fsp3) is 0.158. The highest BCUT2D eigenvalue weighted by atomic mass is 32.2. The van der Waals surface area contributed by atoms with E-state index in [-0.39, 0.29) is 35.8 Å². The van der Waals surface area contributed by atoms with Gasteiger partial charge < -0.3 is 15.2 Å². The van der Waals surface area contributed by atoms with Crippen molar-refractivity contribution in [3.8, 4) is 23.2 Å². The summed E-state index contributed by atoms with van der Waals surface area (Å²) in [5.41, 5.74) is 7.45. The molecule has 3 aromatic heterocycles. The lowest BCUT2D eigenvalue weighted by Crippen LogP contribution is -2.15. The van der Waals surface area contributed by atoms with E-state index in [9.17, 15) is 8.42 Å². The fourth-order valence-electron chi connectivity index (χ4n) is 2.73. The number of nitrogens with two attached hydrogens (primary N) is 1. The van der Waals surface area contributed by atoms with Crippen molar-refractivity contribution >= 4 is 27.7 Å². The number of aromatic nitrogens is 6. The quantitative estimate of drug-likeness (QED) is 0.403. The molecule has 0 aliphatic heterocycles. The highest BCUT2D eigenvalue weighted by Crippen LogP contribution is 2.25. The standard InChI is InChI=1S/C19H18N8O4S/c1-27(13-8-4-3-5-9-13)19-24-15(23-18(20)25-19)16-22-17(31-26-16)14-12(7-6-10-21-14)11-30-32(2,28)29/h3-10H,11H2,1-2H3,(H2,20,23,24,25). The summed E-state index contributed by atoms with van der Waals surface area (Å²) in [5, 5.41) is 3.92. The van der Waals surface area contributed by atoms with Crippen molar-refractivity contribution in [1.29, 1.82) is 0 Å². The van der Waals surface area contributed by atoms with Crippen LogP contribution in [0.25, 0.3) is 23.2 Å². The highest BCUT2D eigenvalue weighted by Gasteiger charge is 2.20. The topological polar surface area (TPSA) is 163 Å². The molecule has 4 aromatic rings. The van der Waals surface area contributed by atoms with E-state index in [0.29, 0.717) is 11.5 Å². The Hall–Kier alpha value is -3.97. The molecule has 0 spiro atoms. The monoisotopic (exact) mass is 454 g/mol. The molecule has 0 amide bonds. The van der Waals surface area contributed by atoms with E-state index >= 15 is 0 Å². The molecule has 13 heteroatoms. The van der Waals surface area contributed by atoms with Gasteiger partial charge in [0, 0.05) is 24.5 Å². The van der Waals surface area contributed by atoms with Crippen molar-refractivity contribution in [1.82, 2.24) is 30.1 Å². The van der Waals surface area contributed by atoms with Crippen LogP contribution in [0.5, 0.6) is 0 Å². The van der Waals surface area contributed by atoms with Crippen molar-refractivity contribution in [2.45, 2.75) is 6.61 Å². The lowest BCUT2D eigenvalue weighted by atomic mass is 10.2. The van der Waals surface area contributed by atoms with Gasteiger partial charge in [-0.15, -0.1) is 0 Å². The van der Waals surface area contributed by atoms with E-state index in [1.807, 2.05) is 30.3 Å². The van der Waals surface area contributed by atoms with Crippen LogP contribution in [-0.2, 0) is 20.9 Å². The largest absolute Gasteiger partial charge is 0.368 e. The molecule has 0 bridgehead atoms. The predicted molar refractivity (Wildman–Crippen MR) is 115 cm³/mol. The number of anilines is 3. The molecule has 32 heavy (non-hydrogen) atoms. The van der Waals surface area contributed by atoms with Gasteiger partial charge in [-0.05, 0) is 18.2 Å². The third-order valence-corrected chi connectivity index (χ3v) is 4.78. The van der Waals surface area contributed by atoms with Crippen LogP contribution in [0.4, 0.5) is 17.6 Å². The molecule has 4 rings (SSSR count). The molecule has 1 aromatic carbocycles. The SMILES string of the molecule is CN(c1ccccc1)c1nc(N)nc(-c2noc(-c3ncccc3COS(C)(=O)=O)n2)n1. The number of hydrogen-bond donors (Lipinski definition) is 1. The zero-order valence-corrected chi connectivity index (χ0v) is 17.9. The van der Waals surface area contributed by atoms with Gasteiger partial charge in [0.15, 0.2) is 0 Å². The molecular formula is C19H18N8O4S. The zero-order valence-electron chi connectivity index (χ0n) is 17.1. The van der Waals surface area contributed by atoms with Gasteiger partial charge in [-0.25, -0.2) is 0 Å². The van der Waals surface area contributed by atoms with Gasteiger partial charge in [0.2, 0.25) is 23.5 Å². The van der Waals surface area contributed by atoms with E-state index in [1.54, 1.807) is 24.1 Å². The van der Waals surface area contributed by atoms with E-state index in [1.165, 1.54) is 6.20 Å².